The summed E-state index contributed by atoms with van der Waals surface area (Å²) < 4.78 is 23.2. The second-order valence-corrected chi connectivity index (χ2v) is 5.38. The molecule has 21 heavy (non-hydrogen) atoms. The van der Waals surface area contributed by atoms with E-state index in [1.54, 1.807) is 32.9 Å². The van der Waals surface area contributed by atoms with Gasteiger partial charge in [-0.05, 0) is 32.9 Å². The largest absolute Gasteiger partial charge is 0.444 e. The van der Waals surface area contributed by atoms with Gasteiger partial charge in [-0.15, -0.1) is 0 Å². The van der Waals surface area contributed by atoms with E-state index in [1.165, 1.54) is 12.1 Å². The van der Waals surface area contributed by atoms with Crippen molar-refractivity contribution in [2.45, 2.75) is 32.9 Å². The number of nitrogens with one attached hydrogen (secondary N) is 1. The van der Waals surface area contributed by atoms with Crippen LogP contribution < -0.4 is 5.32 Å². The van der Waals surface area contributed by atoms with Crippen LogP contribution in [0.4, 0.5) is 9.18 Å². The molecule has 6 nitrogen and oxygen atoms in total. The van der Waals surface area contributed by atoms with E-state index in [9.17, 15) is 9.18 Å². The fraction of sp³-hybridized carbons (Fsp3) is 0.357. The Balaban J connectivity index is 1.96. The molecule has 0 radical (unpaired) electrons. The van der Waals surface area contributed by atoms with Crippen LogP contribution in [0.1, 0.15) is 26.7 Å². The van der Waals surface area contributed by atoms with Crippen LogP contribution in [-0.2, 0) is 11.3 Å². The minimum Gasteiger partial charge on any atom is -0.444 e. The van der Waals surface area contributed by atoms with Gasteiger partial charge in [0.2, 0.25) is 11.7 Å². The molecule has 0 atom stereocenters. The predicted molar refractivity (Wildman–Crippen MR) is 72.8 cm³/mol. The Morgan fingerprint density at radius 2 is 2.19 bits per heavy atom. The first-order valence-corrected chi connectivity index (χ1v) is 6.39. The second kappa shape index (κ2) is 5.90. The molecule has 2 aromatic rings. The molecule has 0 bridgehead atoms. The number of nitrogens with zero attached hydrogens (tertiary/aromatic N) is 2. The summed E-state index contributed by atoms with van der Waals surface area (Å²) in [5.41, 5.74) is -0.0756. The minimum atomic E-state index is -0.578. The van der Waals surface area contributed by atoms with Crippen molar-refractivity contribution in [2.24, 2.45) is 0 Å². The summed E-state index contributed by atoms with van der Waals surface area (Å²) in [6.07, 6.45) is -0.576. The van der Waals surface area contributed by atoms with Crippen LogP contribution in [0.5, 0.6) is 0 Å². The number of halogens is 1. The third-order valence-corrected chi connectivity index (χ3v) is 2.33. The third-order valence-electron chi connectivity index (χ3n) is 2.33. The Labute approximate surface area is 121 Å². The van der Waals surface area contributed by atoms with Gasteiger partial charge in [0.15, 0.2) is 0 Å². The van der Waals surface area contributed by atoms with Gasteiger partial charge in [0.05, 0.1) is 0 Å². The Bertz CT molecular complexity index is 634. The molecular formula is C14H16FN3O3. The van der Waals surface area contributed by atoms with Crippen molar-refractivity contribution >= 4 is 6.09 Å². The summed E-state index contributed by atoms with van der Waals surface area (Å²) in [7, 11) is 0. The van der Waals surface area contributed by atoms with Gasteiger partial charge in [-0.3, -0.25) is 0 Å². The highest BCUT2D eigenvalue weighted by Crippen LogP contribution is 2.16. The maximum atomic E-state index is 13.1. The standard InChI is InChI=1S/C14H16FN3O3/c1-14(2,3)20-13(19)16-8-11-17-12(18-21-11)9-5-4-6-10(15)7-9/h4-7H,8H2,1-3H3,(H,16,19). The van der Waals surface area contributed by atoms with Crippen LogP contribution in [-0.4, -0.2) is 21.8 Å². The molecule has 0 spiro atoms. The van der Waals surface area contributed by atoms with Crippen LogP contribution >= 0.6 is 0 Å². The monoisotopic (exact) mass is 293 g/mol. The average Bonchev–Trinajstić information content (AvgIpc) is 2.83. The topological polar surface area (TPSA) is 77.2 Å². The van der Waals surface area contributed by atoms with Crippen molar-refractivity contribution in [3.05, 3.63) is 36.0 Å². The van der Waals surface area contributed by atoms with E-state index < -0.39 is 11.7 Å². The second-order valence-electron chi connectivity index (χ2n) is 5.38. The fourth-order valence-corrected chi connectivity index (χ4v) is 1.53. The van der Waals surface area contributed by atoms with Crippen LogP contribution in [0, 0.1) is 5.82 Å². The number of aromatic nitrogens is 2. The van der Waals surface area contributed by atoms with E-state index in [0.29, 0.717) is 5.56 Å². The normalized spacial score (nSPS) is 11.2. The maximum absolute atomic E-state index is 13.1. The lowest BCUT2D eigenvalue weighted by molar-refractivity contribution is 0.0518. The van der Waals surface area contributed by atoms with Crippen molar-refractivity contribution in [1.29, 1.82) is 0 Å². The van der Waals surface area contributed by atoms with Gasteiger partial charge in [-0.25, -0.2) is 9.18 Å². The molecule has 1 amide bonds. The zero-order valence-electron chi connectivity index (χ0n) is 12.0. The lowest BCUT2D eigenvalue weighted by Gasteiger charge is -2.19. The van der Waals surface area contributed by atoms with Crippen molar-refractivity contribution in [3.8, 4) is 11.4 Å². The number of carbonyl (C=O) groups excluding carboxylic acids is 1. The molecule has 1 heterocycles. The lowest BCUT2D eigenvalue weighted by Crippen LogP contribution is -2.32. The van der Waals surface area contributed by atoms with Crippen LogP contribution in [0.15, 0.2) is 28.8 Å². The number of rotatable bonds is 3. The van der Waals surface area contributed by atoms with E-state index in [1.807, 2.05) is 0 Å². The first kappa shape index (κ1) is 15.0. The van der Waals surface area contributed by atoms with Gasteiger partial charge >= 0.3 is 6.09 Å². The number of amides is 1. The highest BCUT2D eigenvalue weighted by atomic mass is 19.1. The Morgan fingerprint density at radius 3 is 2.86 bits per heavy atom. The number of ether oxygens (including phenoxy) is 1. The van der Waals surface area contributed by atoms with E-state index in [-0.39, 0.29) is 24.1 Å². The van der Waals surface area contributed by atoms with Crippen LogP contribution in [0.3, 0.4) is 0 Å². The number of benzene rings is 1. The molecule has 7 heteroatoms. The van der Waals surface area contributed by atoms with Gasteiger partial charge < -0.3 is 14.6 Å². The number of hydrogen-bond acceptors (Lipinski definition) is 5. The van der Waals surface area contributed by atoms with Crippen LogP contribution in [0.25, 0.3) is 11.4 Å². The summed E-state index contributed by atoms with van der Waals surface area (Å²) >= 11 is 0. The molecule has 0 aliphatic heterocycles. The minimum absolute atomic E-state index is 0.0389. The van der Waals surface area contributed by atoms with Gasteiger partial charge in [0.25, 0.3) is 0 Å². The van der Waals surface area contributed by atoms with E-state index in [2.05, 4.69) is 15.5 Å². The number of hydrogen-bond donors (Lipinski definition) is 1. The van der Waals surface area contributed by atoms with E-state index >= 15 is 0 Å². The van der Waals surface area contributed by atoms with Gasteiger partial charge in [0, 0.05) is 5.56 Å². The quantitative estimate of drug-likeness (QED) is 0.941. The summed E-state index contributed by atoms with van der Waals surface area (Å²) in [5.74, 6) is 0.0846. The van der Waals surface area contributed by atoms with Gasteiger partial charge in [-0.2, -0.15) is 4.98 Å². The highest BCUT2D eigenvalue weighted by molar-refractivity contribution is 5.67. The Kier molecular flexibility index (Phi) is 4.21. The highest BCUT2D eigenvalue weighted by Gasteiger charge is 2.17. The molecule has 112 valence electrons. The molecular weight excluding hydrogens is 277 g/mol. The zero-order valence-corrected chi connectivity index (χ0v) is 12.0. The molecule has 2 rings (SSSR count). The van der Waals surface area contributed by atoms with Crippen molar-refractivity contribution in [1.82, 2.24) is 15.5 Å². The van der Waals surface area contributed by atoms with Gasteiger partial charge in [-0.1, -0.05) is 17.3 Å². The summed E-state index contributed by atoms with van der Waals surface area (Å²) in [6.45, 7) is 5.33. The number of alkyl carbamates (subject to hydrolysis) is 1. The maximum Gasteiger partial charge on any atom is 0.408 e. The first-order valence-electron chi connectivity index (χ1n) is 6.39. The van der Waals surface area contributed by atoms with E-state index in [4.69, 9.17) is 9.26 Å². The molecule has 0 aliphatic rings. The molecule has 0 aliphatic carbocycles. The Hall–Kier alpha value is -2.44. The van der Waals surface area contributed by atoms with Gasteiger partial charge in [0.1, 0.15) is 18.0 Å². The predicted octanol–water partition coefficient (Wildman–Crippen LogP) is 2.90. The molecule has 0 saturated carbocycles. The molecule has 0 saturated heterocycles. The van der Waals surface area contributed by atoms with Crippen molar-refractivity contribution < 1.29 is 18.4 Å². The number of carbonyl (C=O) groups is 1. The SMILES string of the molecule is CC(C)(C)OC(=O)NCc1nc(-c2cccc(F)c2)no1. The first-order chi connectivity index (χ1) is 9.83. The summed E-state index contributed by atoms with van der Waals surface area (Å²) in [6, 6.07) is 5.85. The molecule has 0 unspecified atom stereocenters. The third kappa shape index (κ3) is 4.55. The van der Waals surface area contributed by atoms with Crippen LogP contribution in [0.2, 0.25) is 0 Å². The lowest BCUT2D eigenvalue weighted by atomic mass is 10.2. The molecule has 1 aromatic carbocycles. The van der Waals surface area contributed by atoms with Crippen molar-refractivity contribution in [3.63, 3.8) is 0 Å². The molecule has 1 N–H and O–H groups in total. The molecule has 1 aromatic heterocycles. The average molecular weight is 293 g/mol. The zero-order chi connectivity index (χ0) is 15.5. The fourth-order valence-electron chi connectivity index (χ4n) is 1.53. The van der Waals surface area contributed by atoms with E-state index in [0.717, 1.165) is 0 Å². The summed E-state index contributed by atoms with van der Waals surface area (Å²) in [5, 5.41) is 6.24. The smallest absolute Gasteiger partial charge is 0.408 e. The molecule has 0 fully saturated rings. The summed E-state index contributed by atoms with van der Waals surface area (Å²) in [4.78, 5) is 15.6. The van der Waals surface area contributed by atoms with Crippen molar-refractivity contribution in [2.75, 3.05) is 0 Å². The Morgan fingerprint density at radius 1 is 1.43 bits per heavy atom.